The fraction of sp³-hybridized carbons (Fsp3) is 0.412. The van der Waals surface area contributed by atoms with Gasteiger partial charge in [-0.25, -0.2) is 0 Å². The third-order valence-corrected chi connectivity index (χ3v) is 4.92. The van der Waals surface area contributed by atoms with E-state index >= 15 is 0 Å². The second kappa shape index (κ2) is 4.95. The zero-order valence-electron chi connectivity index (χ0n) is 12.1. The highest BCUT2D eigenvalue weighted by Crippen LogP contribution is 2.38. The van der Waals surface area contributed by atoms with Gasteiger partial charge in [0.15, 0.2) is 0 Å². The van der Waals surface area contributed by atoms with Crippen molar-refractivity contribution in [2.24, 2.45) is 0 Å². The van der Waals surface area contributed by atoms with E-state index in [1.807, 2.05) is 11.0 Å². The predicted molar refractivity (Wildman–Crippen MR) is 81.6 cm³/mol. The number of amides is 1. The van der Waals surface area contributed by atoms with Crippen LogP contribution < -0.4 is 0 Å². The molecule has 114 valence electrons. The van der Waals surface area contributed by atoms with E-state index < -0.39 is 0 Å². The van der Waals surface area contributed by atoms with Crippen LogP contribution in [-0.2, 0) is 0 Å². The SMILES string of the molecule is O=C(c1ccc(O)c2ncccc12)N1C2CCC1CC(O)C2. The van der Waals surface area contributed by atoms with Crippen LogP contribution in [0.25, 0.3) is 10.9 Å². The van der Waals surface area contributed by atoms with Crippen molar-refractivity contribution in [3.8, 4) is 5.75 Å². The fourth-order valence-electron chi connectivity index (χ4n) is 3.96. The Morgan fingerprint density at radius 1 is 1.18 bits per heavy atom. The Kier molecular flexibility index (Phi) is 3.04. The molecule has 22 heavy (non-hydrogen) atoms. The molecule has 0 aliphatic carbocycles. The quantitative estimate of drug-likeness (QED) is 0.845. The van der Waals surface area contributed by atoms with E-state index in [1.165, 1.54) is 6.07 Å². The Morgan fingerprint density at radius 2 is 1.91 bits per heavy atom. The van der Waals surface area contributed by atoms with Crippen LogP contribution in [0.4, 0.5) is 0 Å². The van der Waals surface area contributed by atoms with E-state index in [0.29, 0.717) is 29.3 Å². The van der Waals surface area contributed by atoms with Gasteiger partial charge in [0.25, 0.3) is 5.91 Å². The number of phenols is 1. The number of pyridine rings is 1. The van der Waals surface area contributed by atoms with Crippen LogP contribution in [0.5, 0.6) is 5.75 Å². The van der Waals surface area contributed by atoms with Gasteiger partial charge in [-0.3, -0.25) is 9.78 Å². The van der Waals surface area contributed by atoms with E-state index in [0.717, 1.165) is 12.8 Å². The van der Waals surface area contributed by atoms with E-state index in [2.05, 4.69) is 4.98 Å². The highest BCUT2D eigenvalue weighted by molar-refractivity contribution is 6.07. The Bertz CT molecular complexity index is 732. The van der Waals surface area contributed by atoms with Gasteiger partial charge in [0.05, 0.1) is 6.10 Å². The molecule has 2 aromatic rings. The number of hydrogen-bond acceptors (Lipinski definition) is 4. The number of benzene rings is 1. The summed E-state index contributed by atoms with van der Waals surface area (Å²) in [7, 11) is 0. The molecule has 2 aliphatic heterocycles. The van der Waals surface area contributed by atoms with Crippen LogP contribution in [-0.4, -0.2) is 44.2 Å². The Hall–Kier alpha value is -2.14. The van der Waals surface area contributed by atoms with Gasteiger partial charge in [-0.05, 0) is 43.9 Å². The number of piperidine rings is 1. The van der Waals surface area contributed by atoms with Crippen LogP contribution in [0.2, 0.25) is 0 Å². The average Bonchev–Trinajstić information content (AvgIpc) is 2.79. The Balaban J connectivity index is 1.77. The maximum atomic E-state index is 13.0. The lowest BCUT2D eigenvalue weighted by atomic mass is 9.97. The monoisotopic (exact) mass is 298 g/mol. The molecule has 2 saturated heterocycles. The molecule has 1 amide bonds. The molecule has 2 atom stereocenters. The van der Waals surface area contributed by atoms with E-state index in [-0.39, 0.29) is 29.8 Å². The smallest absolute Gasteiger partial charge is 0.255 e. The van der Waals surface area contributed by atoms with Crippen LogP contribution in [0.15, 0.2) is 30.5 Å². The molecule has 0 saturated carbocycles. The highest BCUT2D eigenvalue weighted by atomic mass is 16.3. The summed E-state index contributed by atoms with van der Waals surface area (Å²) in [4.78, 5) is 19.1. The van der Waals surface area contributed by atoms with Crippen LogP contribution in [0, 0.1) is 0 Å². The van der Waals surface area contributed by atoms with Gasteiger partial charge >= 0.3 is 0 Å². The molecule has 2 fully saturated rings. The number of fused-ring (bicyclic) bond motifs is 3. The third kappa shape index (κ3) is 1.96. The third-order valence-electron chi connectivity index (χ3n) is 4.92. The van der Waals surface area contributed by atoms with E-state index in [9.17, 15) is 15.0 Å². The van der Waals surface area contributed by atoms with Crippen molar-refractivity contribution in [3.05, 3.63) is 36.0 Å². The van der Waals surface area contributed by atoms with Gasteiger partial charge in [-0.1, -0.05) is 6.07 Å². The van der Waals surface area contributed by atoms with Gasteiger partial charge in [0, 0.05) is 29.2 Å². The van der Waals surface area contributed by atoms with Gasteiger partial charge in [-0.2, -0.15) is 0 Å². The molecular weight excluding hydrogens is 280 g/mol. The van der Waals surface area contributed by atoms with Crippen LogP contribution in [0.3, 0.4) is 0 Å². The molecular formula is C17H18N2O3. The molecule has 5 nitrogen and oxygen atoms in total. The summed E-state index contributed by atoms with van der Waals surface area (Å²) in [5, 5.41) is 20.5. The molecule has 2 aliphatic rings. The number of hydrogen-bond donors (Lipinski definition) is 2. The van der Waals surface area contributed by atoms with Crippen molar-refractivity contribution in [2.75, 3.05) is 0 Å². The minimum absolute atomic E-state index is 0.0163. The molecule has 0 radical (unpaired) electrons. The number of rotatable bonds is 1. The molecule has 2 N–H and O–H groups in total. The lowest BCUT2D eigenvalue weighted by Gasteiger charge is -2.37. The van der Waals surface area contributed by atoms with E-state index in [4.69, 9.17) is 0 Å². The zero-order chi connectivity index (χ0) is 15.3. The Morgan fingerprint density at radius 3 is 2.64 bits per heavy atom. The fourth-order valence-corrected chi connectivity index (χ4v) is 3.96. The summed E-state index contributed by atoms with van der Waals surface area (Å²) in [6.45, 7) is 0. The number of phenolic OH excluding ortho intramolecular Hbond substituents is 1. The summed E-state index contributed by atoms with van der Waals surface area (Å²) in [5.41, 5.74) is 1.03. The van der Waals surface area contributed by atoms with Crippen molar-refractivity contribution in [1.82, 2.24) is 9.88 Å². The molecule has 1 aromatic carbocycles. The summed E-state index contributed by atoms with van der Waals surface area (Å²) >= 11 is 0. The van der Waals surface area contributed by atoms with Crippen molar-refractivity contribution in [3.63, 3.8) is 0 Å². The summed E-state index contributed by atoms with van der Waals surface area (Å²) in [5.74, 6) is 0.0709. The van der Waals surface area contributed by atoms with Gasteiger partial charge < -0.3 is 15.1 Å². The minimum atomic E-state index is -0.292. The first kappa shape index (κ1) is 13.5. The minimum Gasteiger partial charge on any atom is -0.506 e. The predicted octanol–water partition coefficient (Wildman–Crippen LogP) is 2.07. The Labute approximate surface area is 128 Å². The molecule has 0 spiro atoms. The number of aliphatic hydroxyl groups is 1. The molecule has 2 bridgehead atoms. The first-order chi connectivity index (χ1) is 10.6. The van der Waals surface area contributed by atoms with Crippen molar-refractivity contribution < 1.29 is 15.0 Å². The van der Waals surface area contributed by atoms with Gasteiger partial charge in [-0.15, -0.1) is 0 Å². The second-order valence-electron chi connectivity index (χ2n) is 6.25. The largest absolute Gasteiger partial charge is 0.506 e. The first-order valence-electron chi connectivity index (χ1n) is 7.72. The number of aliphatic hydroxyl groups excluding tert-OH is 1. The summed E-state index contributed by atoms with van der Waals surface area (Å²) in [6.07, 6.45) is 4.56. The number of aromatic hydroxyl groups is 1. The van der Waals surface area contributed by atoms with Crippen molar-refractivity contribution in [2.45, 2.75) is 43.9 Å². The lowest BCUT2D eigenvalue weighted by molar-refractivity contribution is 0.0288. The standard InChI is InChI=1S/C17H18N2O3/c20-12-8-10-3-4-11(9-12)19(10)17(22)14-5-6-15(21)16-13(14)2-1-7-18-16/h1-2,5-7,10-12,20-21H,3-4,8-9H2. The van der Waals surface area contributed by atoms with Gasteiger partial charge in [0.2, 0.25) is 0 Å². The first-order valence-corrected chi connectivity index (χ1v) is 7.72. The van der Waals surface area contributed by atoms with E-state index in [1.54, 1.807) is 18.3 Å². The molecule has 4 rings (SSSR count). The van der Waals surface area contributed by atoms with Crippen molar-refractivity contribution >= 4 is 16.8 Å². The van der Waals surface area contributed by atoms with Crippen molar-refractivity contribution in [1.29, 1.82) is 0 Å². The molecule has 5 heteroatoms. The summed E-state index contributed by atoms with van der Waals surface area (Å²) in [6, 6.07) is 7.04. The van der Waals surface area contributed by atoms with Gasteiger partial charge in [0.1, 0.15) is 11.3 Å². The maximum absolute atomic E-state index is 13.0. The van der Waals surface area contributed by atoms with Crippen LogP contribution >= 0.6 is 0 Å². The second-order valence-corrected chi connectivity index (χ2v) is 6.25. The lowest BCUT2D eigenvalue weighted by Crippen LogP contribution is -2.48. The number of nitrogens with zero attached hydrogens (tertiary/aromatic N) is 2. The summed E-state index contributed by atoms with van der Waals surface area (Å²) < 4.78 is 0. The maximum Gasteiger partial charge on any atom is 0.255 e. The highest BCUT2D eigenvalue weighted by Gasteiger charge is 2.43. The number of carbonyl (C=O) groups excluding carboxylic acids is 1. The normalized spacial score (nSPS) is 27.3. The number of carbonyl (C=O) groups is 1. The topological polar surface area (TPSA) is 73.7 Å². The molecule has 1 aromatic heterocycles. The average molecular weight is 298 g/mol. The molecule has 3 heterocycles. The molecule has 2 unspecified atom stereocenters. The number of aromatic nitrogens is 1. The van der Waals surface area contributed by atoms with Crippen LogP contribution in [0.1, 0.15) is 36.0 Å². The zero-order valence-corrected chi connectivity index (χ0v) is 12.1.